The highest BCUT2D eigenvalue weighted by molar-refractivity contribution is 7.98. The van der Waals surface area contributed by atoms with Gasteiger partial charge in [0.1, 0.15) is 5.82 Å². The van der Waals surface area contributed by atoms with Crippen molar-refractivity contribution >= 4 is 29.0 Å². The molecule has 0 fully saturated rings. The maximum atomic E-state index is 13.8. The van der Waals surface area contributed by atoms with Crippen molar-refractivity contribution in [3.8, 4) is 0 Å². The zero-order chi connectivity index (χ0) is 15.2. The van der Waals surface area contributed by atoms with Crippen LogP contribution < -0.4 is 10.6 Å². The number of hydrogen-bond donors (Lipinski definition) is 2. The lowest BCUT2D eigenvalue weighted by molar-refractivity contribution is 0.102. The third-order valence-electron chi connectivity index (χ3n) is 2.96. The van der Waals surface area contributed by atoms with E-state index < -0.39 is 5.82 Å². The summed E-state index contributed by atoms with van der Waals surface area (Å²) in [5, 5.41) is 5.67. The average molecular weight is 304 g/mol. The number of halogens is 1. The first-order valence-corrected chi connectivity index (χ1v) is 7.86. The molecule has 110 valence electrons. The van der Waals surface area contributed by atoms with Crippen LogP contribution in [0.5, 0.6) is 0 Å². The van der Waals surface area contributed by atoms with Gasteiger partial charge in [0.25, 0.3) is 5.91 Å². The van der Waals surface area contributed by atoms with Crippen molar-refractivity contribution in [2.45, 2.75) is 11.8 Å². The fraction of sp³-hybridized carbons (Fsp3) is 0.188. The fourth-order valence-electron chi connectivity index (χ4n) is 1.94. The molecule has 3 nitrogen and oxygen atoms in total. The molecule has 0 aliphatic heterocycles. The van der Waals surface area contributed by atoms with Crippen molar-refractivity contribution < 1.29 is 9.18 Å². The number of anilines is 2. The Hall–Kier alpha value is -2.01. The fourth-order valence-corrected chi connectivity index (χ4v) is 2.35. The molecule has 2 aromatic rings. The van der Waals surface area contributed by atoms with E-state index in [4.69, 9.17) is 0 Å². The summed E-state index contributed by atoms with van der Waals surface area (Å²) in [6.45, 7) is 2.40. The van der Waals surface area contributed by atoms with E-state index in [1.54, 1.807) is 17.8 Å². The highest BCUT2D eigenvalue weighted by Gasteiger charge is 2.14. The van der Waals surface area contributed by atoms with Crippen LogP contribution in [0, 0.1) is 5.82 Å². The predicted molar refractivity (Wildman–Crippen MR) is 86.7 cm³/mol. The topological polar surface area (TPSA) is 41.1 Å². The van der Waals surface area contributed by atoms with Gasteiger partial charge in [-0.2, -0.15) is 0 Å². The highest BCUT2D eigenvalue weighted by atomic mass is 32.2. The minimum atomic E-state index is -0.428. The standard InChI is InChI=1S/C16H17FN2OS/c1-3-18-15-13(5-4-6-14(15)17)16(20)19-11-7-9-12(21-2)10-8-11/h4-10,18H,3H2,1-2H3,(H,19,20). The van der Waals surface area contributed by atoms with Gasteiger partial charge >= 0.3 is 0 Å². The molecule has 2 aromatic carbocycles. The average Bonchev–Trinajstić information content (AvgIpc) is 2.50. The van der Waals surface area contributed by atoms with Gasteiger partial charge in [0.2, 0.25) is 0 Å². The van der Waals surface area contributed by atoms with Crippen LogP contribution in [-0.4, -0.2) is 18.7 Å². The number of thioether (sulfide) groups is 1. The number of hydrogen-bond acceptors (Lipinski definition) is 3. The Labute approximate surface area is 127 Å². The zero-order valence-corrected chi connectivity index (χ0v) is 12.8. The second kappa shape index (κ2) is 7.13. The molecular weight excluding hydrogens is 287 g/mol. The Bertz CT molecular complexity index is 629. The first kappa shape index (κ1) is 15.4. The molecule has 2 N–H and O–H groups in total. The number of carbonyl (C=O) groups is 1. The quantitative estimate of drug-likeness (QED) is 0.812. The molecule has 5 heteroatoms. The van der Waals surface area contributed by atoms with Crippen LogP contribution in [0.25, 0.3) is 0 Å². The predicted octanol–water partition coefficient (Wildman–Crippen LogP) is 4.23. The molecule has 0 radical (unpaired) electrons. The summed E-state index contributed by atoms with van der Waals surface area (Å²) in [5.41, 5.74) is 1.22. The molecule has 0 saturated heterocycles. The van der Waals surface area contributed by atoms with Crippen LogP contribution in [0.1, 0.15) is 17.3 Å². The van der Waals surface area contributed by atoms with E-state index in [1.807, 2.05) is 37.4 Å². The maximum absolute atomic E-state index is 13.8. The van der Waals surface area contributed by atoms with E-state index in [9.17, 15) is 9.18 Å². The molecule has 1 amide bonds. The Balaban J connectivity index is 2.21. The third-order valence-corrected chi connectivity index (χ3v) is 3.70. The smallest absolute Gasteiger partial charge is 0.257 e. The van der Waals surface area contributed by atoms with Gasteiger partial charge in [0.15, 0.2) is 0 Å². The largest absolute Gasteiger partial charge is 0.382 e. The van der Waals surface area contributed by atoms with Gasteiger partial charge in [-0.3, -0.25) is 4.79 Å². The third kappa shape index (κ3) is 3.76. The molecule has 0 heterocycles. The number of nitrogens with one attached hydrogen (secondary N) is 2. The van der Waals surface area contributed by atoms with Crippen molar-refractivity contribution in [2.24, 2.45) is 0 Å². The number of benzene rings is 2. The summed E-state index contributed by atoms with van der Waals surface area (Å²) in [7, 11) is 0. The highest BCUT2D eigenvalue weighted by Crippen LogP contribution is 2.22. The summed E-state index contributed by atoms with van der Waals surface area (Å²) in [5.74, 6) is -0.760. The van der Waals surface area contributed by atoms with Crippen molar-refractivity contribution in [1.29, 1.82) is 0 Å². The first-order valence-electron chi connectivity index (χ1n) is 6.63. The minimum Gasteiger partial charge on any atom is -0.382 e. The van der Waals surface area contributed by atoms with Crippen LogP contribution >= 0.6 is 11.8 Å². The number of carbonyl (C=O) groups excluding carboxylic acids is 1. The molecule has 0 atom stereocenters. The van der Waals surface area contributed by atoms with Crippen molar-refractivity contribution in [1.82, 2.24) is 0 Å². The van der Waals surface area contributed by atoms with E-state index in [0.717, 1.165) is 4.90 Å². The van der Waals surface area contributed by atoms with Gasteiger partial charge in [0, 0.05) is 17.1 Å². The molecule has 0 saturated carbocycles. The second-order valence-electron chi connectivity index (χ2n) is 4.38. The molecule has 0 spiro atoms. The summed E-state index contributed by atoms with van der Waals surface area (Å²) in [6, 6.07) is 12.0. The van der Waals surface area contributed by atoms with Gasteiger partial charge < -0.3 is 10.6 Å². The van der Waals surface area contributed by atoms with Crippen molar-refractivity contribution in [3.05, 3.63) is 53.8 Å². The number of amides is 1. The molecule has 0 aromatic heterocycles. The summed E-state index contributed by atoms with van der Waals surface area (Å²) >= 11 is 1.63. The number of rotatable bonds is 5. The van der Waals surface area contributed by atoms with E-state index in [1.165, 1.54) is 12.1 Å². The van der Waals surface area contributed by atoms with Gasteiger partial charge in [-0.25, -0.2) is 4.39 Å². The van der Waals surface area contributed by atoms with Gasteiger partial charge in [-0.1, -0.05) is 6.07 Å². The van der Waals surface area contributed by atoms with Crippen molar-refractivity contribution in [3.63, 3.8) is 0 Å². The molecule has 0 aliphatic rings. The maximum Gasteiger partial charge on any atom is 0.257 e. The lowest BCUT2D eigenvalue weighted by Gasteiger charge is -2.12. The molecule has 0 unspecified atom stereocenters. The molecule has 0 bridgehead atoms. The van der Waals surface area contributed by atoms with E-state index in [0.29, 0.717) is 17.8 Å². The minimum absolute atomic E-state index is 0.234. The van der Waals surface area contributed by atoms with Gasteiger partial charge in [-0.15, -0.1) is 11.8 Å². The summed E-state index contributed by atoms with van der Waals surface area (Å²) in [4.78, 5) is 13.4. The van der Waals surface area contributed by atoms with Crippen LogP contribution in [0.15, 0.2) is 47.4 Å². The van der Waals surface area contributed by atoms with Crippen LogP contribution in [0.4, 0.5) is 15.8 Å². The second-order valence-corrected chi connectivity index (χ2v) is 5.26. The van der Waals surface area contributed by atoms with Crippen LogP contribution in [-0.2, 0) is 0 Å². The Morgan fingerprint density at radius 1 is 1.19 bits per heavy atom. The van der Waals surface area contributed by atoms with E-state index in [2.05, 4.69) is 10.6 Å². The SMILES string of the molecule is CCNc1c(F)cccc1C(=O)Nc1ccc(SC)cc1. The van der Waals surface area contributed by atoms with Crippen LogP contribution in [0.2, 0.25) is 0 Å². The Kier molecular flexibility index (Phi) is 5.22. The Morgan fingerprint density at radius 3 is 2.52 bits per heavy atom. The lowest BCUT2D eigenvalue weighted by atomic mass is 10.1. The zero-order valence-electron chi connectivity index (χ0n) is 11.9. The van der Waals surface area contributed by atoms with E-state index >= 15 is 0 Å². The van der Waals surface area contributed by atoms with Crippen LogP contribution in [0.3, 0.4) is 0 Å². The normalized spacial score (nSPS) is 10.2. The molecule has 0 aliphatic carbocycles. The molecule has 2 rings (SSSR count). The molecule has 21 heavy (non-hydrogen) atoms. The monoisotopic (exact) mass is 304 g/mol. The lowest BCUT2D eigenvalue weighted by Crippen LogP contribution is -2.15. The molecular formula is C16H17FN2OS. The Morgan fingerprint density at radius 2 is 1.90 bits per heavy atom. The first-order chi connectivity index (χ1) is 10.2. The van der Waals surface area contributed by atoms with Gasteiger partial charge in [-0.05, 0) is 49.6 Å². The van der Waals surface area contributed by atoms with E-state index in [-0.39, 0.29) is 11.6 Å². The van der Waals surface area contributed by atoms with Gasteiger partial charge in [0.05, 0.1) is 11.3 Å². The van der Waals surface area contributed by atoms with Crippen molar-refractivity contribution in [2.75, 3.05) is 23.4 Å². The summed E-state index contributed by atoms with van der Waals surface area (Å²) in [6.07, 6.45) is 1.99. The number of para-hydroxylation sites is 1. The summed E-state index contributed by atoms with van der Waals surface area (Å²) < 4.78 is 13.8.